The summed E-state index contributed by atoms with van der Waals surface area (Å²) in [4.78, 5) is 10.7. The number of aryl methyl sites for hydroxylation is 1. The zero-order valence-electron chi connectivity index (χ0n) is 11.7. The second-order valence-corrected chi connectivity index (χ2v) is 5.73. The van der Waals surface area contributed by atoms with Gasteiger partial charge in [0.2, 0.25) is 0 Å². The third-order valence-electron chi connectivity index (χ3n) is 4.35. The number of nitro groups is 1. The summed E-state index contributed by atoms with van der Waals surface area (Å²) < 4.78 is 0. The molecule has 4 heteroatoms. The molecule has 1 saturated carbocycles. The second kappa shape index (κ2) is 5.70. The average Bonchev–Trinajstić information content (AvgIpc) is 2.84. The lowest BCUT2D eigenvalue weighted by Crippen LogP contribution is -2.15. The van der Waals surface area contributed by atoms with E-state index in [-0.39, 0.29) is 16.7 Å². The van der Waals surface area contributed by atoms with E-state index in [4.69, 9.17) is 5.73 Å². The summed E-state index contributed by atoms with van der Waals surface area (Å²) in [6, 6.07) is 3.57. The van der Waals surface area contributed by atoms with Gasteiger partial charge in [-0.2, -0.15) is 0 Å². The van der Waals surface area contributed by atoms with E-state index < -0.39 is 0 Å². The maximum absolute atomic E-state index is 11.1. The van der Waals surface area contributed by atoms with Crippen molar-refractivity contribution in [3.8, 4) is 0 Å². The largest absolute Gasteiger partial charge is 0.324 e. The van der Waals surface area contributed by atoms with Crippen LogP contribution in [0.5, 0.6) is 0 Å². The Hall–Kier alpha value is -1.42. The van der Waals surface area contributed by atoms with Crippen molar-refractivity contribution >= 4 is 5.69 Å². The van der Waals surface area contributed by atoms with Crippen LogP contribution in [-0.4, -0.2) is 4.92 Å². The van der Waals surface area contributed by atoms with Crippen LogP contribution in [0.15, 0.2) is 12.1 Å². The van der Waals surface area contributed by atoms with E-state index in [0.717, 1.165) is 23.1 Å². The summed E-state index contributed by atoms with van der Waals surface area (Å²) in [6.07, 6.45) is 6.04. The zero-order valence-corrected chi connectivity index (χ0v) is 11.7. The summed E-state index contributed by atoms with van der Waals surface area (Å²) in [5, 5.41) is 11.1. The molecular formula is C15H22N2O2. The van der Waals surface area contributed by atoms with Crippen molar-refractivity contribution in [3.63, 3.8) is 0 Å². The van der Waals surface area contributed by atoms with E-state index in [1.54, 1.807) is 13.0 Å². The van der Waals surface area contributed by atoms with Crippen molar-refractivity contribution in [2.75, 3.05) is 0 Å². The summed E-state index contributed by atoms with van der Waals surface area (Å²) in [7, 11) is 0. The van der Waals surface area contributed by atoms with Crippen molar-refractivity contribution in [2.24, 2.45) is 11.7 Å². The van der Waals surface area contributed by atoms with Gasteiger partial charge in [-0.3, -0.25) is 10.1 Å². The van der Waals surface area contributed by atoms with Crippen molar-refractivity contribution in [2.45, 2.75) is 52.0 Å². The lowest BCUT2D eigenvalue weighted by Gasteiger charge is -2.17. The minimum absolute atomic E-state index is 0.0823. The van der Waals surface area contributed by atoms with E-state index in [1.165, 1.54) is 25.7 Å². The van der Waals surface area contributed by atoms with Crippen LogP contribution in [0, 0.1) is 29.9 Å². The van der Waals surface area contributed by atoms with Gasteiger partial charge >= 0.3 is 0 Å². The first kappa shape index (κ1) is 14.0. The Balaban J connectivity index is 2.21. The quantitative estimate of drug-likeness (QED) is 0.663. The number of nitro benzene ring substituents is 1. The van der Waals surface area contributed by atoms with Gasteiger partial charge in [0.1, 0.15) is 0 Å². The average molecular weight is 262 g/mol. The van der Waals surface area contributed by atoms with Crippen molar-refractivity contribution in [1.29, 1.82) is 0 Å². The number of nitrogens with two attached hydrogens (primary N) is 1. The van der Waals surface area contributed by atoms with E-state index in [0.29, 0.717) is 5.92 Å². The fourth-order valence-corrected chi connectivity index (χ4v) is 3.01. The third-order valence-corrected chi connectivity index (χ3v) is 4.35. The van der Waals surface area contributed by atoms with E-state index in [1.807, 2.05) is 13.0 Å². The minimum atomic E-state index is -0.311. The molecule has 0 spiro atoms. The Bertz CT molecular complexity index is 479. The highest BCUT2D eigenvalue weighted by atomic mass is 16.6. The van der Waals surface area contributed by atoms with Gasteiger partial charge in [-0.05, 0) is 37.3 Å². The van der Waals surface area contributed by atoms with Gasteiger partial charge < -0.3 is 5.73 Å². The molecule has 0 radical (unpaired) electrons. The highest BCUT2D eigenvalue weighted by Crippen LogP contribution is 2.34. The molecule has 2 N–H and O–H groups in total. The minimum Gasteiger partial charge on any atom is -0.324 e. The molecule has 0 amide bonds. The van der Waals surface area contributed by atoms with Crippen LogP contribution >= 0.6 is 0 Å². The highest BCUT2D eigenvalue weighted by molar-refractivity contribution is 5.48. The Morgan fingerprint density at radius 3 is 2.58 bits per heavy atom. The first-order valence-electron chi connectivity index (χ1n) is 7.00. The molecule has 1 aromatic carbocycles. The Morgan fingerprint density at radius 2 is 2.00 bits per heavy atom. The molecule has 1 fully saturated rings. The number of benzene rings is 1. The molecule has 0 bridgehead atoms. The smallest absolute Gasteiger partial charge is 0.272 e. The van der Waals surface area contributed by atoms with Crippen molar-refractivity contribution in [1.82, 2.24) is 0 Å². The lowest BCUT2D eigenvalue weighted by molar-refractivity contribution is -0.385. The lowest BCUT2D eigenvalue weighted by atomic mass is 9.92. The number of hydrogen-bond acceptors (Lipinski definition) is 3. The van der Waals surface area contributed by atoms with Gasteiger partial charge in [0.25, 0.3) is 5.69 Å². The van der Waals surface area contributed by atoms with Crippen molar-refractivity contribution < 1.29 is 4.92 Å². The van der Waals surface area contributed by atoms with Gasteiger partial charge in [0.05, 0.1) is 4.92 Å². The molecule has 0 heterocycles. The fourth-order valence-electron chi connectivity index (χ4n) is 3.01. The molecule has 0 aliphatic heterocycles. The predicted molar refractivity (Wildman–Crippen MR) is 76.1 cm³/mol. The summed E-state index contributed by atoms with van der Waals surface area (Å²) in [5.74, 6) is 0.690. The Morgan fingerprint density at radius 1 is 1.37 bits per heavy atom. The van der Waals surface area contributed by atoms with Gasteiger partial charge in [-0.25, -0.2) is 0 Å². The number of nitrogens with zero attached hydrogens (tertiary/aromatic N) is 1. The normalized spacial score (nSPS) is 17.6. The maximum atomic E-state index is 11.1. The van der Waals surface area contributed by atoms with Gasteiger partial charge in [-0.15, -0.1) is 0 Å². The molecular weight excluding hydrogens is 240 g/mol. The standard InChI is InChI=1S/C15H22N2O2/c1-10-7-13(9-15(11(10)2)17(18)19)14(16)8-12-5-3-4-6-12/h7,9,12,14H,3-6,8,16H2,1-2H3. The summed E-state index contributed by atoms with van der Waals surface area (Å²) >= 11 is 0. The molecule has 1 aliphatic rings. The zero-order chi connectivity index (χ0) is 14.0. The van der Waals surface area contributed by atoms with Crippen LogP contribution in [0.4, 0.5) is 5.69 Å². The van der Waals surface area contributed by atoms with Crippen LogP contribution in [0.25, 0.3) is 0 Å². The predicted octanol–water partition coefficient (Wildman–Crippen LogP) is 3.79. The van der Waals surface area contributed by atoms with Crippen LogP contribution in [-0.2, 0) is 0 Å². The summed E-state index contributed by atoms with van der Waals surface area (Å²) in [6.45, 7) is 3.70. The van der Waals surface area contributed by atoms with E-state index in [9.17, 15) is 10.1 Å². The van der Waals surface area contributed by atoms with Crippen LogP contribution in [0.3, 0.4) is 0 Å². The molecule has 0 aromatic heterocycles. The van der Waals surface area contributed by atoms with Gasteiger partial charge in [0.15, 0.2) is 0 Å². The van der Waals surface area contributed by atoms with Crippen LogP contribution < -0.4 is 5.73 Å². The first-order valence-corrected chi connectivity index (χ1v) is 7.00. The van der Waals surface area contributed by atoms with E-state index >= 15 is 0 Å². The van der Waals surface area contributed by atoms with Crippen LogP contribution in [0.2, 0.25) is 0 Å². The number of hydrogen-bond donors (Lipinski definition) is 1. The van der Waals surface area contributed by atoms with Gasteiger partial charge in [0, 0.05) is 17.7 Å². The van der Waals surface area contributed by atoms with E-state index in [2.05, 4.69) is 0 Å². The molecule has 1 unspecified atom stereocenters. The molecule has 2 rings (SSSR count). The van der Waals surface area contributed by atoms with Crippen molar-refractivity contribution in [3.05, 3.63) is 38.9 Å². The van der Waals surface area contributed by atoms with Crippen LogP contribution in [0.1, 0.15) is 54.8 Å². The SMILES string of the molecule is Cc1cc(C(N)CC2CCCC2)cc([N+](=O)[O-])c1C. The first-order chi connectivity index (χ1) is 8.99. The van der Waals surface area contributed by atoms with Gasteiger partial charge in [-0.1, -0.05) is 31.7 Å². The molecule has 1 aromatic rings. The molecule has 19 heavy (non-hydrogen) atoms. The molecule has 0 saturated heterocycles. The second-order valence-electron chi connectivity index (χ2n) is 5.73. The highest BCUT2D eigenvalue weighted by Gasteiger charge is 2.21. The number of rotatable bonds is 4. The molecule has 104 valence electrons. The Kier molecular flexibility index (Phi) is 4.20. The fraction of sp³-hybridized carbons (Fsp3) is 0.600. The topological polar surface area (TPSA) is 69.2 Å². The molecule has 1 aliphatic carbocycles. The Labute approximate surface area is 114 Å². The monoisotopic (exact) mass is 262 g/mol. The molecule has 4 nitrogen and oxygen atoms in total. The molecule has 1 atom stereocenters. The summed E-state index contributed by atoms with van der Waals surface area (Å²) in [5.41, 5.74) is 9.02. The third kappa shape index (κ3) is 3.13. The maximum Gasteiger partial charge on any atom is 0.272 e.